The van der Waals surface area contributed by atoms with Gasteiger partial charge < -0.3 is 5.32 Å². The summed E-state index contributed by atoms with van der Waals surface area (Å²) in [5.41, 5.74) is 1.95. The Hall–Kier alpha value is -0.940. The third-order valence-corrected chi connectivity index (χ3v) is 4.80. The van der Waals surface area contributed by atoms with Crippen LogP contribution in [0.25, 0.3) is 0 Å². The second-order valence-corrected chi connectivity index (χ2v) is 6.84. The standard InChI is InChI=1S/C12H29N5O4S/c1-2-11(22(19,20)21)7-4-3-5-8-15-9-6-10-17(14)12(18)16-13/h11,15H,2-10,13-14H2,1H3,(H,16,18)(H,19,20,21). The van der Waals surface area contributed by atoms with Crippen LogP contribution in [0, 0.1) is 0 Å². The number of nitrogens with two attached hydrogens (primary N) is 2. The zero-order valence-electron chi connectivity index (χ0n) is 13.1. The Kier molecular flexibility index (Phi) is 11.1. The molecule has 0 rings (SSSR count). The molecule has 7 N–H and O–H groups in total. The van der Waals surface area contributed by atoms with Gasteiger partial charge in [0.1, 0.15) is 0 Å². The van der Waals surface area contributed by atoms with Crippen molar-refractivity contribution in [2.24, 2.45) is 11.7 Å². The summed E-state index contributed by atoms with van der Waals surface area (Å²) < 4.78 is 31.0. The van der Waals surface area contributed by atoms with Gasteiger partial charge in [-0.25, -0.2) is 16.5 Å². The van der Waals surface area contributed by atoms with Crippen LogP contribution in [0.3, 0.4) is 0 Å². The molecule has 0 bridgehead atoms. The number of amides is 2. The van der Waals surface area contributed by atoms with E-state index in [0.717, 1.165) is 37.4 Å². The SMILES string of the molecule is CCC(CCCCCNCCCN(N)C(=O)NN)S(=O)(=O)O. The summed E-state index contributed by atoms with van der Waals surface area (Å²) >= 11 is 0. The van der Waals surface area contributed by atoms with Gasteiger partial charge in [-0.05, 0) is 38.8 Å². The molecule has 0 aromatic carbocycles. The van der Waals surface area contributed by atoms with Gasteiger partial charge in [0.25, 0.3) is 10.1 Å². The van der Waals surface area contributed by atoms with Crippen LogP contribution in [0.4, 0.5) is 4.79 Å². The van der Waals surface area contributed by atoms with Gasteiger partial charge in [0, 0.05) is 6.54 Å². The van der Waals surface area contributed by atoms with Gasteiger partial charge in [-0.3, -0.25) is 15.0 Å². The highest BCUT2D eigenvalue weighted by molar-refractivity contribution is 7.86. The topological polar surface area (TPSA) is 151 Å². The predicted octanol–water partition coefficient (Wildman–Crippen LogP) is -0.0481. The number of unbranched alkanes of at least 4 members (excludes halogenated alkanes) is 2. The molecule has 2 amide bonds. The van der Waals surface area contributed by atoms with Crippen LogP contribution in [0.5, 0.6) is 0 Å². The number of hydrogen-bond donors (Lipinski definition) is 5. The molecule has 132 valence electrons. The van der Waals surface area contributed by atoms with Crippen molar-refractivity contribution in [3.05, 3.63) is 0 Å². The summed E-state index contributed by atoms with van der Waals surface area (Å²) in [6.45, 7) is 3.71. The van der Waals surface area contributed by atoms with Crippen LogP contribution < -0.4 is 22.4 Å². The Bertz CT molecular complexity index is 404. The van der Waals surface area contributed by atoms with Crippen molar-refractivity contribution in [2.45, 2.75) is 50.7 Å². The molecule has 0 radical (unpaired) electrons. The molecule has 0 aliphatic heterocycles. The molecule has 9 nitrogen and oxygen atoms in total. The van der Waals surface area contributed by atoms with E-state index in [1.165, 1.54) is 0 Å². The van der Waals surface area contributed by atoms with E-state index in [-0.39, 0.29) is 0 Å². The van der Waals surface area contributed by atoms with Gasteiger partial charge in [0.15, 0.2) is 0 Å². The minimum Gasteiger partial charge on any atom is -0.317 e. The zero-order valence-corrected chi connectivity index (χ0v) is 13.9. The fourth-order valence-electron chi connectivity index (χ4n) is 2.05. The first kappa shape index (κ1) is 21.1. The lowest BCUT2D eigenvalue weighted by Gasteiger charge is -2.15. The summed E-state index contributed by atoms with van der Waals surface area (Å²) in [6, 6.07) is -0.524. The van der Waals surface area contributed by atoms with E-state index in [2.05, 4.69) is 5.32 Å². The lowest BCUT2D eigenvalue weighted by Crippen LogP contribution is -2.48. The van der Waals surface area contributed by atoms with Crippen LogP contribution in [0.1, 0.15) is 45.4 Å². The number of nitrogens with one attached hydrogen (secondary N) is 2. The number of hydrogen-bond acceptors (Lipinski definition) is 6. The maximum Gasteiger partial charge on any atom is 0.345 e. The number of urea groups is 1. The number of rotatable bonds is 12. The number of carbonyl (C=O) groups excluding carboxylic acids is 1. The molecule has 0 saturated carbocycles. The summed E-state index contributed by atoms with van der Waals surface area (Å²) in [5, 5.41) is 3.58. The fourth-order valence-corrected chi connectivity index (χ4v) is 2.93. The third-order valence-electron chi connectivity index (χ3n) is 3.39. The van der Waals surface area contributed by atoms with Gasteiger partial charge in [0.05, 0.1) is 5.25 Å². The first-order chi connectivity index (χ1) is 10.3. The van der Waals surface area contributed by atoms with Crippen molar-refractivity contribution in [3.63, 3.8) is 0 Å². The van der Waals surface area contributed by atoms with E-state index >= 15 is 0 Å². The smallest absolute Gasteiger partial charge is 0.317 e. The highest BCUT2D eigenvalue weighted by Crippen LogP contribution is 2.13. The van der Waals surface area contributed by atoms with Gasteiger partial charge >= 0.3 is 6.03 Å². The Morgan fingerprint density at radius 1 is 1.23 bits per heavy atom. The largest absolute Gasteiger partial charge is 0.345 e. The molecule has 0 saturated heterocycles. The van der Waals surface area contributed by atoms with Crippen LogP contribution >= 0.6 is 0 Å². The van der Waals surface area contributed by atoms with Gasteiger partial charge in [-0.2, -0.15) is 8.42 Å². The minimum atomic E-state index is -3.91. The lowest BCUT2D eigenvalue weighted by molar-refractivity contribution is 0.198. The van der Waals surface area contributed by atoms with Gasteiger partial charge in [0.2, 0.25) is 0 Å². The van der Waals surface area contributed by atoms with Gasteiger partial charge in [-0.15, -0.1) is 0 Å². The minimum absolute atomic E-state index is 0.405. The maximum atomic E-state index is 11.0. The molecule has 0 aliphatic rings. The molecular weight excluding hydrogens is 310 g/mol. The molecule has 0 aliphatic carbocycles. The Labute approximate surface area is 132 Å². The molecular formula is C12H29N5O4S. The predicted molar refractivity (Wildman–Crippen MR) is 85.2 cm³/mol. The maximum absolute atomic E-state index is 11.0. The molecule has 10 heteroatoms. The monoisotopic (exact) mass is 339 g/mol. The summed E-state index contributed by atoms with van der Waals surface area (Å²) in [5.74, 6) is 10.4. The van der Waals surface area contributed by atoms with Crippen molar-refractivity contribution in [3.8, 4) is 0 Å². The average Bonchev–Trinajstić information content (AvgIpc) is 2.46. The first-order valence-corrected chi connectivity index (χ1v) is 9.03. The third kappa shape index (κ3) is 9.90. The number of carbonyl (C=O) groups is 1. The lowest BCUT2D eigenvalue weighted by atomic mass is 10.1. The van der Waals surface area contributed by atoms with Gasteiger partial charge in [-0.1, -0.05) is 19.8 Å². The Morgan fingerprint density at radius 2 is 1.86 bits per heavy atom. The normalized spacial score (nSPS) is 12.9. The average molecular weight is 339 g/mol. The second kappa shape index (κ2) is 11.6. The van der Waals surface area contributed by atoms with Crippen molar-refractivity contribution < 1.29 is 17.8 Å². The number of hydrazine groups is 2. The van der Waals surface area contributed by atoms with Crippen molar-refractivity contribution in [1.82, 2.24) is 15.8 Å². The first-order valence-electron chi connectivity index (χ1n) is 7.52. The van der Waals surface area contributed by atoms with Crippen LogP contribution in [-0.2, 0) is 10.1 Å². The summed E-state index contributed by atoms with van der Waals surface area (Å²) in [7, 11) is -3.91. The van der Waals surface area contributed by atoms with Crippen LogP contribution in [0.2, 0.25) is 0 Å². The van der Waals surface area contributed by atoms with Crippen LogP contribution in [-0.4, -0.2) is 48.9 Å². The van der Waals surface area contributed by atoms with Crippen molar-refractivity contribution in [2.75, 3.05) is 19.6 Å². The van der Waals surface area contributed by atoms with E-state index < -0.39 is 21.4 Å². The van der Waals surface area contributed by atoms with E-state index in [0.29, 0.717) is 25.8 Å². The fraction of sp³-hybridized carbons (Fsp3) is 0.917. The highest BCUT2D eigenvalue weighted by Gasteiger charge is 2.19. The van der Waals surface area contributed by atoms with E-state index in [4.69, 9.17) is 16.2 Å². The Morgan fingerprint density at radius 3 is 2.41 bits per heavy atom. The molecule has 0 heterocycles. The Balaban J connectivity index is 3.50. The zero-order chi connectivity index (χ0) is 17.0. The van der Waals surface area contributed by atoms with Crippen molar-refractivity contribution in [1.29, 1.82) is 0 Å². The molecule has 0 aromatic heterocycles. The molecule has 0 spiro atoms. The number of nitrogens with zero attached hydrogens (tertiary/aromatic N) is 1. The van der Waals surface area contributed by atoms with Crippen molar-refractivity contribution >= 4 is 16.1 Å². The second-order valence-electron chi connectivity index (χ2n) is 5.14. The molecule has 0 aromatic rings. The highest BCUT2D eigenvalue weighted by atomic mass is 32.2. The molecule has 22 heavy (non-hydrogen) atoms. The van der Waals surface area contributed by atoms with E-state index in [1.807, 2.05) is 5.43 Å². The van der Waals surface area contributed by atoms with E-state index in [1.54, 1.807) is 6.92 Å². The van der Waals surface area contributed by atoms with Crippen LogP contribution in [0.15, 0.2) is 0 Å². The molecule has 1 unspecified atom stereocenters. The summed E-state index contributed by atoms with van der Waals surface area (Å²) in [4.78, 5) is 11.0. The molecule has 1 atom stereocenters. The quantitative estimate of drug-likeness (QED) is 0.110. The molecule has 0 fully saturated rings. The van der Waals surface area contributed by atoms with E-state index in [9.17, 15) is 13.2 Å². The summed E-state index contributed by atoms with van der Waals surface area (Å²) in [6.07, 6.45) is 4.24.